The molecule has 4 nitrogen and oxygen atoms in total. The summed E-state index contributed by atoms with van der Waals surface area (Å²) in [5.74, 6) is 0.585. The van der Waals surface area contributed by atoms with Gasteiger partial charge in [0.05, 0.1) is 0 Å². The van der Waals surface area contributed by atoms with E-state index in [2.05, 4.69) is 13.8 Å². The molecule has 1 heterocycles. The van der Waals surface area contributed by atoms with Gasteiger partial charge in [-0.1, -0.05) is 38.0 Å². The van der Waals surface area contributed by atoms with Gasteiger partial charge in [-0.15, -0.1) is 0 Å². The van der Waals surface area contributed by atoms with Gasteiger partial charge in [-0.05, 0) is 19.8 Å². The van der Waals surface area contributed by atoms with Gasteiger partial charge in [0.15, 0.2) is 0 Å². The third-order valence-electron chi connectivity index (χ3n) is 3.64. The van der Waals surface area contributed by atoms with Crippen molar-refractivity contribution in [3.05, 3.63) is 20.7 Å². The van der Waals surface area contributed by atoms with Crippen molar-refractivity contribution in [1.29, 1.82) is 0 Å². The molecule has 0 aliphatic rings. The molecule has 0 aliphatic heterocycles. The van der Waals surface area contributed by atoms with Crippen molar-refractivity contribution in [3.8, 4) is 0 Å². The molecule has 1 rings (SSSR count). The Balaban J connectivity index is 2.72. The number of likely N-dealkylation sites (N-methyl/N-ethyl adjacent to an activating group) is 1. The van der Waals surface area contributed by atoms with E-state index in [0.29, 0.717) is 12.5 Å². The molecule has 1 aromatic rings. The zero-order chi connectivity index (χ0) is 14.4. The lowest BCUT2D eigenvalue weighted by Crippen LogP contribution is -2.38. The fourth-order valence-electron chi connectivity index (χ4n) is 2.10. The number of thiazole rings is 1. The van der Waals surface area contributed by atoms with Crippen molar-refractivity contribution in [2.24, 2.45) is 5.92 Å². The lowest BCUT2D eigenvalue weighted by molar-refractivity contribution is -0.132. The van der Waals surface area contributed by atoms with Crippen LogP contribution < -0.4 is 4.87 Å². The predicted octanol–water partition coefficient (Wildman–Crippen LogP) is 2.50. The smallest absolute Gasteiger partial charge is 0.307 e. The second-order valence-corrected chi connectivity index (χ2v) is 5.66. The average molecular weight is 284 g/mol. The predicted molar refractivity (Wildman–Crippen MR) is 79.6 cm³/mol. The van der Waals surface area contributed by atoms with E-state index in [-0.39, 0.29) is 17.3 Å². The van der Waals surface area contributed by atoms with Gasteiger partial charge in [0.25, 0.3) is 0 Å². The van der Waals surface area contributed by atoms with Crippen molar-refractivity contribution in [2.45, 2.75) is 47.1 Å². The molecule has 0 saturated heterocycles. The molecule has 0 saturated carbocycles. The SMILES string of the molecule is CCC(CC)CN(CC)C(=O)Cn1c(C)csc1=O. The summed E-state index contributed by atoms with van der Waals surface area (Å²) in [7, 11) is 0. The lowest BCUT2D eigenvalue weighted by atomic mass is 10.0. The number of rotatable bonds is 7. The van der Waals surface area contributed by atoms with E-state index >= 15 is 0 Å². The zero-order valence-electron chi connectivity index (χ0n) is 12.3. The van der Waals surface area contributed by atoms with Crippen LogP contribution in [0, 0.1) is 12.8 Å². The largest absolute Gasteiger partial charge is 0.341 e. The van der Waals surface area contributed by atoms with Crippen LogP contribution in [0.15, 0.2) is 10.2 Å². The monoisotopic (exact) mass is 284 g/mol. The first kappa shape index (κ1) is 16.0. The van der Waals surface area contributed by atoms with Crippen LogP contribution in [-0.4, -0.2) is 28.5 Å². The molecule has 0 atom stereocenters. The number of carbonyl (C=O) groups excluding carboxylic acids is 1. The average Bonchev–Trinajstić information content (AvgIpc) is 2.72. The second kappa shape index (κ2) is 7.48. The first-order valence-electron chi connectivity index (χ1n) is 6.96. The maximum absolute atomic E-state index is 12.3. The molecule has 0 spiro atoms. The number of aromatic nitrogens is 1. The van der Waals surface area contributed by atoms with Crippen LogP contribution in [0.4, 0.5) is 0 Å². The maximum Gasteiger partial charge on any atom is 0.307 e. The van der Waals surface area contributed by atoms with Crippen molar-refractivity contribution in [3.63, 3.8) is 0 Å². The van der Waals surface area contributed by atoms with E-state index in [9.17, 15) is 9.59 Å². The molecular weight excluding hydrogens is 260 g/mol. The Hall–Kier alpha value is -1.10. The van der Waals surface area contributed by atoms with Crippen LogP contribution in [-0.2, 0) is 11.3 Å². The summed E-state index contributed by atoms with van der Waals surface area (Å²) in [6.45, 7) is 9.82. The molecule has 0 radical (unpaired) electrons. The van der Waals surface area contributed by atoms with Crippen molar-refractivity contribution < 1.29 is 4.79 Å². The van der Waals surface area contributed by atoms with Crippen LogP contribution in [0.5, 0.6) is 0 Å². The van der Waals surface area contributed by atoms with Crippen LogP contribution >= 0.6 is 11.3 Å². The zero-order valence-corrected chi connectivity index (χ0v) is 13.1. The van der Waals surface area contributed by atoms with E-state index in [1.165, 1.54) is 0 Å². The Kier molecular flexibility index (Phi) is 6.28. The van der Waals surface area contributed by atoms with Crippen LogP contribution in [0.3, 0.4) is 0 Å². The topological polar surface area (TPSA) is 42.3 Å². The second-order valence-electron chi connectivity index (χ2n) is 4.84. The van der Waals surface area contributed by atoms with Crippen molar-refractivity contribution in [2.75, 3.05) is 13.1 Å². The molecule has 5 heteroatoms. The third-order valence-corrected chi connectivity index (χ3v) is 4.52. The van der Waals surface area contributed by atoms with E-state index in [1.54, 1.807) is 9.95 Å². The number of nitrogens with zero attached hydrogens (tertiary/aromatic N) is 2. The molecule has 19 heavy (non-hydrogen) atoms. The Labute approximate surface area is 119 Å². The highest BCUT2D eigenvalue weighted by atomic mass is 32.1. The summed E-state index contributed by atoms with van der Waals surface area (Å²) in [4.78, 5) is 25.7. The highest BCUT2D eigenvalue weighted by Crippen LogP contribution is 2.10. The number of amides is 1. The Bertz CT molecular complexity index is 460. The molecule has 0 fully saturated rings. The van der Waals surface area contributed by atoms with Gasteiger partial charge in [0.1, 0.15) is 6.54 Å². The molecule has 1 aromatic heterocycles. The minimum atomic E-state index is -0.0514. The minimum Gasteiger partial charge on any atom is -0.341 e. The quantitative estimate of drug-likeness (QED) is 0.772. The standard InChI is InChI=1S/C14H24N2O2S/c1-5-12(6-2)8-15(7-3)13(17)9-16-11(4)10-19-14(16)18/h10,12H,5-9H2,1-4H3. The summed E-state index contributed by atoms with van der Waals surface area (Å²) < 4.78 is 1.56. The fourth-order valence-corrected chi connectivity index (χ4v) is 2.83. The lowest BCUT2D eigenvalue weighted by Gasteiger charge is -2.25. The van der Waals surface area contributed by atoms with Gasteiger partial charge >= 0.3 is 4.87 Å². The summed E-state index contributed by atoms with van der Waals surface area (Å²) in [6, 6.07) is 0. The van der Waals surface area contributed by atoms with Gasteiger partial charge < -0.3 is 4.90 Å². The highest BCUT2D eigenvalue weighted by Gasteiger charge is 2.17. The highest BCUT2D eigenvalue weighted by molar-refractivity contribution is 7.07. The first-order valence-corrected chi connectivity index (χ1v) is 7.84. The van der Waals surface area contributed by atoms with Gasteiger partial charge in [-0.25, -0.2) is 0 Å². The minimum absolute atomic E-state index is 0.0398. The molecule has 0 N–H and O–H groups in total. The van der Waals surface area contributed by atoms with Gasteiger partial charge in [-0.2, -0.15) is 0 Å². The summed E-state index contributed by atoms with van der Waals surface area (Å²) in [5.41, 5.74) is 0.863. The van der Waals surface area contributed by atoms with Gasteiger partial charge in [-0.3, -0.25) is 14.2 Å². The van der Waals surface area contributed by atoms with Crippen LogP contribution in [0.25, 0.3) is 0 Å². The number of aryl methyl sites for hydroxylation is 1. The van der Waals surface area contributed by atoms with E-state index in [1.807, 2.05) is 18.7 Å². The molecule has 0 unspecified atom stereocenters. The molecule has 0 aliphatic carbocycles. The number of carbonyl (C=O) groups is 1. The first-order chi connectivity index (χ1) is 9.03. The third kappa shape index (κ3) is 4.20. The molecule has 0 aromatic carbocycles. The van der Waals surface area contributed by atoms with Crippen molar-refractivity contribution in [1.82, 2.24) is 9.47 Å². The van der Waals surface area contributed by atoms with Crippen molar-refractivity contribution >= 4 is 17.2 Å². The van der Waals surface area contributed by atoms with E-state index in [0.717, 1.165) is 36.4 Å². The van der Waals surface area contributed by atoms with E-state index < -0.39 is 0 Å². The fraction of sp³-hybridized carbons (Fsp3) is 0.714. The number of hydrogen-bond donors (Lipinski definition) is 0. The van der Waals surface area contributed by atoms with Crippen LogP contribution in [0.2, 0.25) is 0 Å². The summed E-state index contributed by atoms with van der Waals surface area (Å²) >= 11 is 1.15. The number of hydrogen-bond acceptors (Lipinski definition) is 3. The maximum atomic E-state index is 12.3. The van der Waals surface area contributed by atoms with Gasteiger partial charge in [0.2, 0.25) is 5.91 Å². The molecule has 0 bridgehead atoms. The summed E-state index contributed by atoms with van der Waals surface area (Å²) in [5, 5.41) is 1.80. The Morgan fingerprint density at radius 2 is 2.00 bits per heavy atom. The molecule has 1 amide bonds. The van der Waals surface area contributed by atoms with E-state index in [4.69, 9.17) is 0 Å². The van der Waals surface area contributed by atoms with Gasteiger partial charge in [0, 0.05) is 24.2 Å². The molecular formula is C14H24N2O2S. The normalized spacial score (nSPS) is 11.0. The molecule has 108 valence electrons. The van der Waals surface area contributed by atoms with Crippen LogP contribution in [0.1, 0.15) is 39.3 Å². The Morgan fingerprint density at radius 3 is 2.42 bits per heavy atom. The summed E-state index contributed by atoms with van der Waals surface area (Å²) in [6.07, 6.45) is 2.16. The Morgan fingerprint density at radius 1 is 1.37 bits per heavy atom.